The lowest BCUT2D eigenvalue weighted by atomic mass is 9.79. The van der Waals surface area contributed by atoms with Gasteiger partial charge in [-0.2, -0.15) is 5.26 Å². The van der Waals surface area contributed by atoms with Gasteiger partial charge in [-0.15, -0.1) is 108 Å². The molecule has 2 aliphatic rings. The molecule has 20 rings (SSSR count). The van der Waals surface area contributed by atoms with Gasteiger partial charge in [0.05, 0.1) is 118 Å². The third-order valence-electron chi connectivity index (χ3n) is 20.7. The highest BCUT2D eigenvalue weighted by Crippen LogP contribution is 2.39. The number of hydrogen-bond donors (Lipinski definition) is 2. The number of thiazole rings is 5. The zero-order chi connectivity index (χ0) is 98.8. The summed E-state index contributed by atoms with van der Waals surface area (Å²) >= 11 is 11.3. The van der Waals surface area contributed by atoms with Crippen molar-refractivity contribution in [2.45, 2.75) is 201 Å². The van der Waals surface area contributed by atoms with Crippen molar-refractivity contribution < 1.29 is 74.7 Å². The third-order valence-corrected chi connectivity index (χ3v) is 26.3. The minimum Gasteiger partial charge on any atom is -0.481 e. The van der Waals surface area contributed by atoms with Crippen LogP contribution in [0.4, 0.5) is 0 Å². The van der Waals surface area contributed by atoms with E-state index in [-0.39, 0.29) is 84.6 Å². The van der Waals surface area contributed by atoms with E-state index in [4.69, 9.17) is 56.0 Å². The third kappa shape index (κ3) is 27.1. The van der Waals surface area contributed by atoms with Gasteiger partial charge in [-0.1, -0.05) is 58.4 Å². The summed E-state index contributed by atoms with van der Waals surface area (Å²) in [7, 11) is -0.415. The molecule has 1 aliphatic carbocycles. The second-order valence-electron chi connectivity index (χ2n) is 36.3. The topological polar surface area (TPSA) is 485 Å². The first kappa shape index (κ1) is 99.0. The molecule has 43 heteroatoms. The van der Waals surface area contributed by atoms with Crippen LogP contribution in [0.5, 0.6) is 0 Å². The summed E-state index contributed by atoms with van der Waals surface area (Å²) in [6.07, 6.45) is 8.28. The van der Waals surface area contributed by atoms with Crippen LogP contribution in [-0.4, -0.2) is 166 Å². The normalized spacial score (nSPS) is 13.6. The van der Waals surface area contributed by atoms with Crippen LogP contribution in [0.3, 0.4) is 0 Å². The smallest absolute Gasteiger partial charge is 0.481 e. The van der Waals surface area contributed by atoms with Crippen LogP contribution in [0, 0.1) is 11.3 Å². The van der Waals surface area contributed by atoms with Crippen molar-refractivity contribution in [1.29, 1.82) is 5.26 Å². The summed E-state index contributed by atoms with van der Waals surface area (Å²) in [4.78, 5) is 94.5. The molecule has 140 heavy (non-hydrogen) atoms. The maximum absolute atomic E-state index is 12.1. The first-order valence-electron chi connectivity index (χ1n) is 44.1. The van der Waals surface area contributed by atoms with E-state index in [1.54, 1.807) is 75.3 Å². The summed E-state index contributed by atoms with van der Waals surface area (Å²) in [5.74, 6) is 0.630. The maximum atomic E-state index is 12.1. The Kier molecular flexibility index (Phi) is 30.0. The lowest BCUT2D eigenvalue weighted by Gasteiger charge is -2.32. The Morgan fingerprint density at radius 1 is 0.400 bits per heavy atom. The molecule has 0 radical (unpaired) electrons. The molecule has 0 atom stereocenters. The molecule has 0 spiro atoms. The van der Waals surface area contributed by atoms with Gasteiger partial charge < -0.3 is 56.0 Å². The molecule has 36 nitrogen and oxygen atoms in total. The molecule has 13 aromatic heterocycles. The Hall–Kier alpha value is -14.0. The highest BCUT2D eigenvalue weighted by atomic mass is 79.9. The average molecular weight is 2040 g/mol. The summed E-state index contributed by atoms with van der Waals surface area (Å²) in [6, 6.07) is 49.7. The first-order valence-corrected chi connectivity index (χ1v) is 49.0. The lowest BCUT2D eigenvalue weighted by molar-refractivity contribution is -0.155. The van der Waals surface area contributed by atoms with Crippen LogP contribution < -0.4 is 10.8 Å². The number of nitrogens with zero attached hydrogens (tertiary/aromatic N) is 19. The number of halogens is 1. The number of ether oxygens (including phenoxy) is 3. The fraction of sp³-hybridized carbons (Fsp3) is 0.320. The summed E-state index contributed by atoms with van der Waals surface area (Å²) in [5.41, 5.74) is 8.25. The van der Waals surface area contributed by atoms with Crippen molar-refractivity contribution in [3.63, 3.8) is 0 Å². The van der Waals surface area contributed by atoms with Gasteiger partial charge in [0.1, 0.15) is 79.5 Å². The van der Waals surface area contributed by atoms with Gasteiger partial charge >= 0.3 is 31.0 Å². The molecule has 1 saturated carbocycles. The molecule has 18 aromatic rings. The van der Waals surface area contributed by atoms with Gasteiger partial charge in [0.2, 0.25) is 64.8 Å². The van der Waals surface area contributed by atoms with E-state index in [1.165, 1.54) is 0 Å². The molecule has 14 heterocycles. The van der Waals surface area contributed by atoms with E-state index in [1.807, 2.05) is 211 Å². The number of amides is 1. The van der Waals surface area contributed by atoms with Gasteiger partial charge in [-0.3, -0.25) is 38.9 Å². The Morgan fingerprint density at radius 3 is 0.993 bits per heavy atom. The maximum Gasteiger partial charge on any atom is 0.494 e. The minimum absolute atomic E-state index is 0.0307. The minimum atomic E-state index is -1.00. The fourth-order valence-corrected chi connectivity index (χ4v) is 19.2. The summed E-state index contributed by atoms with van der Waals surface area (Å²) < 4.78 is 62.1. The molecule has 1 aliphatic heterocycles. The van der Waals surface area contributed by atoms with Gasteiger partial charge in [0.25, 0.3) is 0 Å². The number of benzene rings is 5. The highest BCUT2D eigenvalue weighted by molar-refractivity contribution is 9.10. The monoisotopic (exact) mass is 2040 g/mol. The summed E-state index contributed by atoms with van der Waals surface area (Å²) in [6.45, 7) is 24.5. The summed E-state index contributed by atoms with van der Waals surface area (Å²) in [5, 5.41) is 64.2. The van der Waals surface area contributed by atoms with Crippen LogP contribution in [0.15, 0.2) is 191 Å². The standard InChI is InChI=1S/C22H28BN3O5S.C21H16N6O2S.C21H20N4O3S.C17H12N4O3S.C16H16BrN3O3S/c1-20(2,3)29-19(27)12-17-26-25-16(28-17)11-18-24-14-9-8-13(10-15(14)32-18)23-30-21(4,5)22(6,7)31-23;22-12-21(6-7-21)25-17(28)10-18-26-27-19(29-18)11-20-24-15-5-4-13(9-16(15)30-20)14-3-1-2-8-23-14;1-21(2,3)28-20(26)12-18-25-24-17(27-18)11-19-23-15-8-7-13(10-16(15)29-19)14-6-4-5-9-22-14;22-17(23)9-15-21-20-14(24-15)8-16-19-12-5-4-10(7-13(12)25-16)11-3-1-2-6-18-11;1-16(2,3)23-15(21)8-13-20-19-12(22-13)7-14-18-10-5-4-9(17)6-11(10)24-14/h8-10H,11-12H2,1-7H3;1-5,8-9H,6-7,10-11H2,(H,25,28);4-10H,11-12H2,1-3H3;1-7H,8-9H2,(H,22,23);4-6H,7-8H2,1-3H3. The number of carbonyl (C=O) groups excluding carboxylic acids is 4. The van der Waals surface area contributed by atoms with Gasteiger partial charge in [-0.25, -0.2) is 24.9 Å². The Morgan fingerprint density at radius 2 is 0.693 bits per heavy atom. The molecule has 716 valence electrons. The second kappa shape index (κ2) is 42.4. The first-order chi connectivity index (χ1) is 66.7. The molecule has 0 bridgehead atoms. The van der Waals surface area contributed by atoms with Gasteiger partial charge in [-0.05, 0) is 211 Å². The molecule has 2 N–H and O–H groups in total. The predicted octanol–water partition coefficient (Wildman–Crippen LogP) is 17.6. The number of carboxylic acid groups (broad SMARTS) is 1. The molecule has 1 saturated heterocycles. The number of nitriles is 1. The lowest BCUT2D eigenvalue weighted by Crippen LogP contribution is -2.41. The number of carbonyl (C=O) groups is 5. The number of hydrogen-bond acceptors (Lipinski definition) is 39. The number of aromatic nitrogens is 18. The SMILES string of the molecule is CC(C)(C)OC(=O)Cc1nnc(Cc2nc3ccc(-c4ccccn4)cc3s2)o1.CC(C)(C)OC(=O)Cc1nnc(Cc2nc3ccc(B4OC(C)(C)C(C)(C)O4)cc3s2)o1.CC(C)(C)OC(=O)Cc1nnc(Cc2nc3ccc(Br)cc3s2)o1.N#CC1(NC(=O)Cc2nnc(Cc3nc4ccc(-c5ccccn5)cc4s3)o2)CC1.O=C(O)Cc1nnc(Cc2nc3ccc(-c4ccccn4)cc3s2)o1. The number of fused-ring (bicyclic) bond motifs is 5. The number of nitrogens with one attached hydrogen (secondary N) is 1. The number of aliphatic carboxylic acids is 1. The Balaban J connectivity index is 0.000000127. The largest absolute Gasteiger partial charge is 0.494 e. The predicted molar refractivity (Wildman–Crippen MR) is 526 cm³/mol. The molecular weight excluding hydrogens is 1950 g/mol. The number of pyridine rings is 3. The Bertz CT molecular complexity index is 7510. The van der Waals surface area contributed by atoms with Crippen LogP contribution in [0.1, 0.15) is 187 Å². The van der Waals surface area contributed by atoms with Crippen LogP contribution in [0.25, 0.3) is 84.9 Å². The van der Waals surface area contributed by atoms with E-state index in [0.29, 0.717) is 74.4 Å². The molecule has 5 aromatic carbocycles. The van der Waals surface area contributed by atoms with Crippen molar-refractivity contribution in [3.05, 3.63) is 253 Å². The van der Waals surface area contributed by atoms with E-state index < -0.39 is 47.4 Å². The van der Waals surface area contributed by atoms with E-state index in [9.17, 15) is 24.0 Å². The molecule has 2 fully saturated rings. The average Bonchev–Trinajstić information content (AvgIpc) is 1.61. The van der Waals surface area contributed by atoms with E-state index in [0.717, 1.165) is 120 Å². The second-order valence-corrected chi connectivity index (χ2v) is 42.8. The van der Waals surface area contributed by atoms with Crippen molar-refractivity contribution in [3.8, 4) is 39.8 Å². The van der Waals surface area contributed by atoms with Gasteiger partial charge in [0.15, 0.2) is 0 Å². The van der Waals surface area contributed by atoms with Crippen molar-refractivity contribution in [1.82, 2.24) is 96.2 Å². The van der Waals surface area contributed by atoms with E-state index in [2.05, 4.69) is 142 Å². The van der Waals surface area contributed by atoms with Crippen molar-refractivity contribution >= 4 is 166 Å². The van der Waals surface area contributed by atoms with Crippen LogP contribution in [-0.2, 0) is 112 Å². The van der Waals surface area contributed by atoms with Crippen LogP contribution in [0.2, 0.25) is 0 Å². The quantitative estimate of drug-likeness (QED) is 0.0305. The van der Waals surface area contributed by atoms with Crippen molar-refractivity contribution in [2.24, 2.45) is 0 Å². The fourth-order valence-electron chi connectivity index (χ4n) is 13.7. The van der Waals surface area contributed by atoms with Crippen LogP contribution >= 0.6 is 72.6 Å². The highest BCUT2D eigenvalue weighted by Gasteiger charge is 2.52. The van der Waals surface area contributed by atoms with E-state index >= 15 is 0 Å². The zero-order valence-electron chi connectivity index (χ0n) is 78.1. The molecular formula is C97H92BBrN20O16S5. The zero-order valence-corrected chi connectivity index (χ0v) is 83.8. The molecule has 1 amide bonds. The number of rotatable bonds is 25. The van der Waals surface area contributed by atoms with Gasteiger partial charge in [0, 0.05) is 39.8 Å². The number of carboxylic acids is 1. The van der Waals surface area contributed by atoms with Crippen molar-refractivity contribution in [2.75, 3.05) is 0 Å². The molecule has 0 unspecified atom stereocenters. The Labute approximate surface area is 829 Å². The number of esters is 3.